The maximum absolute atomic E-state index is 12.5. The summed E-state index contributed by atoms with van der Waals surface area (Å²) in [5.41, 5.74) is 0.593. The molecule has 1 aromatic rings. The van der Waals surface area contributed by atoms with Gasteiger partial charge in [0.25, 0.3) is 0 Å². The van der Waals surface area contributed by atoms with Gasteiger partial charge in [-0.1, -0.05) is 30.3 Å². The molecular formula is C15H20N2O5S. The number of benzene rings is 1. The van der Waals surface area contributed by atoms with Crippen molar-refractivity contribution < 1.29 is 23.1 Å². The molecule has 1 amide bonds. The summed E-state index contributed by atoms with van der Waals surface area (Å²) in [7, 11) is -3.84. The fourth-order valence-electron chi connectivity index (χ4n) is 2.96. The van der Waals surface area contributed by atoms with Gasteiger partial charge in [-0.05, 0) is 19.4 Å². The van der Waals surface area contributed by atoms with E-state index in [9.17, 15) is 23.1 Å². The molecule has 1 N–H and O–H groups in total. The average Bonchev–Trinajstić information content (AvgIpc) is 2.45. The maximum Gasteiger partial charge on any atom is 0.324 e. The van der Waals surface area contributed by atoms with Crippen molar-refractivity contribution in [3.63, 3.8) is 0 Å². The summed E-state index contributed by atoms with van der Waals surface area (Å²) in [5.74, 6) is -1.68. The van der Waals surface area contributed by atoms with Crippen molar-refractivity contribution in [2.45, 2.75) is 32.0 Å². The Morgan fingerprint density at radius 3 is 2.26 bits per heavy atom. The van der Waals surface area contributed by atoms with Crippen LogP contribution in [0.4, 0.5) is 0 Å². The molecular weight excluding hydrogens is 320 g/mol. The second kappa shape index (κ2) is 6.29. The highest BCUT2D eigenvalue weighted by Gasteiger charge is 2.49. The van der Waals surface area contributed by atoms with Crippen LogP contribution in [-0.4, -0.2) is 59.5 Å². The minimum Gasteiger partial charge on any atom is -0.480 e. The Hall–Kier alpha value is -1.93. The number of hydrogen-bond donors (Lipinski definition) is 1. The quantitative estimate of drug-likeness (QED) is 0.870. The van der Waals surface area contributed by atoms with Crippen molar-refractivity contribution in [3.05, 3.63) is 35.9 Å². The number of rotatable bonds is 4. The van der Waals surface area contributed by atoms with E-state index in [0.717, 1.165) is 10.6 Å². The molecule has 1 heterocycles. The molecule has 0 radical (unpaired) electrons. The summed E-state index contributed by atoms with van der Waals surface area (Å²) < 4.78 is 24.8. The van der Waals surface area contributed by atoms with E-state index in [-0.39, 0.29) is 6.04 Å². The Morgan fingerprint density at radius 2 is 1.83 bits per heavy atom. The van der Waals surface area contributed by atoms with Crippen LogP contribution in [0.1, 0.15) is 25.5 Å². The predicted molar refractivity (Wildman–Crippen MR) is 84.1 cm³/mol. The molecule has 8 heteroatoms. The highest BCUT2D eigenvalue weighted by Crippen LogP contribution is 2.34. The Bertz CT molecular complexity index is 702. The number of hydrogen-bond acceptors (Lipinski definition) is 4. The summed E-state index contributed by atoms with van der Waals surface area (Å²) >= 11 is 0. The molecule has 2 rings (SSSR count). The minimum atomic E-state index is -3.84. The van der Waals surface area contributed by atoms with Gasteiger partial charge in [0.1, 0.15) is 6.04 Å². The SMILES string of the molecule is CC(C)N1C(=O)CN(S(C)(=O)=O)[C@H](C(=O)O)[C@H]1c1ccccc1. The van der Waals surface area contributed by atoms with E-state index in [1.807, 2.05) is 0 Å². The fraction of sp³-hybridized carbons (Fsp3) is 0.467. The number of aliphatic carboxylic acids is 1. The van der Waals surface area contributed by atoms with Crippen LogP contribution in [0.25, 0.3) is 0 Å². The van der Waals surface area contributed by atoms with Gasteiger partial charge in [-0.3, -0.25) is 9.59 Å². The van der Waals surface area contributed by atoms with Crippen molar-refractivity contribution in [1.29, 1.82) is 0 Å². The molecule has 0 aliphatic carbocycles. The third-order valence-corrected chi connectivity index (χ3v) is 5.07. The number of carbonyl (C=O) groups excluding carboxylic acids is 1. The number of sulfonamides is 1. The van der Waals surface area contributed by atoms with Crippen LogP contribution in [0.5, 0.6) is 0 Å². The first kappa shape index (κ1) is 17.4. The van der Waals surface area contributed by atoms with Gasteiger partial charge in [0.05, 0.1) is 18.8 Å². The van der Waals surface area contributed by atoms with Crippen molar-refractivity contribution in [3.8, 4) is 0 Å². The van der Waals surface area contributed by atoms with Crippen molar-refractivity contribution >= 4 is 21.9 Å². The Kier molecular flexibility index (Phi) is 4.76. The van der Waals surface area contributed by atoms with Crippen LogP contribution in [0.15, 0.2) is 30.3 Å². The Balaban J connectivity index is 2.64. The van der Waals surface area contributed by atoms with E-state index in [2.05, 4.69) is 0 Å². The molecule has 0 saturated carbocycles. The van der Waals surface area contributed by atoms with Gasteiger partial charge in [-0.25, -0.2) is 8.42 Å². The first-order valence-corrected chi connectivity index (χ1v) is 9.05. The van der Waals surface area contributed by atoms with Crippen molar-refractivity contribution in [2.24, 2.45) is 0 Å². The van der Waals surface area contributed by atoms with E-state index >= 15 is 0 Å². The number of piperazine rings is 1. The molecule has 0 unspecified atom stereocenters. The molecule has 0 bridgehead atoms. The molecule has 23 heavy (non-hydrogen) atoms. The van der Waals surface area contributed by atoms with Crippen molar-refractivity contribution in [1.82, 2.24) is 9.21 Å². The largest absolute Gasteiger partial charge is 0.480 e. The second-order valence-electron chi connectivity index (χ2n) is 5.84. The van der Waals surface area contributed by atoms with Gasteiger partial charge >= 0.3 is 5.97 Å². The lowest BCUT2D eigenvalue weighted by Crippen LogP contribution is -2.63. The third-order valence-electron chi connectivity index (χ3n) is 3.86. The molecule has 2 atom stereocenters. The molecule has 7 nitrogen and oxygen atoms in total. The van der Waals surface area contributed by atoms with Gasteiger partial charge in [0.15, 0.2) is 0 Å². The van der Waals surface area contributed by atoms with E-state index in [4.69, 9.17) is 0 Å². The van der Waals surface area contributed by atoms with E-state index in [0.29, 0.717) is 5.56 Å². The molecule has 0 aromatic heterocycles. The lowest BCUT2D eigenvalue weighted by atomic mass is 9.94. The van der Waals surface area contributed by atoms with Crippen LogP contribution in [0.2, 0.25) is 0 Å². The normalized spacial score (nSPS) is 23.3. The number of amides is 1. The first-order valence-electron chi connectivity index (χ1n) is 7.20. The average molecular weight is 340 g/mol. The Labute approximate surface area is 135 Å². The standard InChI is InChI=1S/C15H20N2O5S/c1-10(2)17-12(18)9-16(23(3,21)22)14(15(19)20)13(17)11-7-5-4-6-8-11/h4-8,10,13-14H,9H2,1-3H3,(H,19,20)/t13-,14+/m1/s1. The zero-order chi connectivity index (χ0) is 17.4. The fourth-order valence-corrected chi connectivity index (χ4v) is 3.93. The predicted octanol–water partition coefficient (Wildman–Crippen LogP) is 0.693. The molecule has 126 valence electrons. The van der Waals surface area contributed by atoms with Gasteiger partial charge in [-0.2, -0.15) is 4.31 Å². The second-order valence-corrected chi connectivity index (χ2v) is 7.78. The van der Waals surface area contributed by atoms with Crippen LogP contribution < -0.4 is 0 Å². The highest BCUT2D eigenvalue weighted by molar-refractivity contribution is 7.88. The summed E-state index contributed by atoms with van der Waals surface area (Å²) in [6, 6.07) is 6.17. The molecule has 1 saturated heterocycles. The molecule has 0 spiro atoms. The van der Waals surface area contributed by atoms with Crippen LogP contribution in [0, 0.1) is 0 Å². The van der Waals surface area contributed by atoms with E-state index < -0.39 is 40.5 Å². The lowest BCUT2D eigenvalue weighted by Gasteiger charge is -2.46. The molecule has 1 aliphatic rings. The monoisotopic (exact) mass is 340 g/mol. The number of carboxylic acids is 1. The van der Waals surface area contributed by atoms with Crippen molar-refractivity contribution in [2.75, 3.05) is 12.8 Å². The topological polar surface area (TPSA) is 95.0 Å². The summed E-state index contributed by atoms with van der Waals surface area (Å²) in [5, 5.41) is 9.65. The Morgan fingerprint density at radius 1 is 1.26 bits per heavy atom. The summed E-state index contributed by atoms with van der Waals surface area (Å²) in [6.45, 7) is 3.10. The molecule has 1 aliphatic heterocycles. The van der Waals surface area contributed by atoms with Gasteiger partial charge in [-0.15, -0.1) is 0 Å². The van der Waals surface area contributed by atoms with Gasteiger partial charge in [0, 0.05) is 6.04 Å². The number of carbonyl (C=O) groups is 2. The summed E-state index contributed by atoms with van der Waals surface area (Å²) in [6.07, 6.45) is 0.920. The first-order chi connectivity index (χ1) is 10.6. The molecule has 1 aromatic carbocycles. The highest BCUT2D eigenvalue weighted by atomic mass is 32.2. The number of carboxylic acid groups (broad SMARTS) is 1. The van der Waals surface area contributed by atoms with Gasteiger partial charge in [0.2, 0.25) is 15.9 Å². The smallest absolute Gasteiger partial charge is 0.324 e. The minimum absolute atomic E-state index is 0.253. The third kappa shape index (κ3) is 3.37. The number of nitrogens with zero attached hydrogens (tertiary/aromatic N) is 2. The summed E-state index contributed by atoms with van der Waals surface area (Å²) in [4.78, 5) is 25.8. The van der Waals surface area contributed by atoms with Crippen LogP contribution >= 0.6 is 0 Å². The maximum atomic E-state index is 12.5. The lowest BCUT2D eigenvalue weighted by molar-refractivity contribution is -0.154. The van der Waals surface area contributed by atoms with E-state index in [1.165, 1.54) is 4.90 Å². The van der Waals surface area contributed by atoms with Gasteiger partial charge < -0.3 is 10.0 Å². The van der Waals surface area contributed by atoms with Crippen LogP contribution in [-0.2, 0) is 19.6 Å². The van der Waals surface area contributed by atoms with Crippen LogP contribution in [0.3, 0.4) is 0 Å². The molecule has 1 fully saturated rings. The zero-order valence-electron chi connectivity index (χ0n) is 13.2. The van der Waals surface area contributed by atoms with E-state index in [1.54, 1.807) is 44.2 Å². The zero-order valence-corrected chi connectivity index (χ0v) is 14.0.